The Labute approximate surface area is 197 Å². The number of amides is 1. The molecule has 1 aliphatic rings. The molecule has 8 nitrogen and oxygen atoms in total. The highest BCUT2D eigenvalue weighted by atomic mass is 19.1. The molecule has 0 radical (unpaired) electrons. The average Bonchev–Trinajstić information content (AvgIpc) is 2.83. The summed E-state index contributed by atoms with van der Waals surface area (Å²) in [5, 5.41) is 18.9. The second-order valence-corrected chi connectivity index (χ2v) is 8.40. The van der Waals surface area contributed by atoms with E-state index in [0.29, 0.717) is 30.2 Å². The van der Waals surface area contributed by atoms with E-state index in [9.17, 15) is 14.3 Å². The molecule has 3 N–H and O–H groups in total. The number of benzene rings is 2. The summed E-state index contributed by atoms with van der Waals surface area (Å²) in [5.74, 6) is -0.0522. The van der Waals surface area contributed by atoms with E-state index < -0.39 is 11.9 Å². The quantitative estimate of drug-likeness (QED) is 0.583. The Hall–Kier alpha value is -4.19. The number of hydrogen-bond donors (Lipinski definition) is 2. The lowest BCUT2D eigenvalue weighted by Crippen LogP contribution is -2.52. The van der Waals surface area contributed by atoms with E-state index in [-0.39, 0.29) is 23.6 Å². The molecule has 1 aliphatic heterocycles. The van der Waals surface area contributed by atoms with Crippen LogP contribution in [0.25, 0.3) is 11.3 Å². The molecule has 0 saturated carbocycles. The van der Waals surface area contributed by atoms with Crippen molar-refractivity contribution in [1.29, 1.82) is 5.26 Å². The number of rotatable bonds is 5. The van der Waals surface area contributed by atoms with Gasteiger partial charge in [-0.05, 0) is 37.5 Å². The van der Waals surface area contributed by atoms with Crippen molar-refractivity contribution in [1.82, 2.24) is 14.9 Å². The van der Waals surface area contributed by atoms with Gasteiger partial charge >= 0.3 is 6.09 Å². The lowest BCUT2D eigenvalue weighted by molar-refractivity contribution is 0.111. The van der Waals surface area contributed by atoms with Gasteiger partial charge in [-0.15, -0.1) is 0 Å². The largest absolute Gasteiger partial charge is 0.465 e. The van der Waals surface area contributed by atoms with Gasteiger partial charge in [0.15, 0.2) is 0 Å². The van der Waals surface area contributed by atoms with E-state index in [1.807, 2.05) is 35.2 Å². The summed E-state index contributed by atoms with van der Waals surface area (Å²) in [4.78, 5) is 24.2. The van der Waals surface area contributed by atoms with E-state index in [2.05, 4.69) is 16.9 Å². The van der Waals surface area contributed by atoms with Gasteiger partial charge < -0.3 is 15.7 Å². The zero-order valence-electron chi connectivity index (χ0n) is 18.7. The Morgan fingerprint density at radius 1 is 1.24 bits per heavy atom. The number of nitrogens with zero attached hydrogens (tertiary/aromatic N) is 5. The summed E-state index contributed by atoms with van der Waals surface area (Å²) in [6.07, 6.45) is 0.526. The van der Waals surface area contributed by atoms with Crippen LogP contribution in [0.1, 0.15) is 30.9 Å². The number of aromatic nitrogens is 2. The fourth-order valence-electron chi connectivity index (χ4n) is 4.31. The lowest BCUT2D eigenvalue weighted by atomic mass is 9.97. The number of nitrogen functional groups attached to an aromatic ring is 1. The minimum absolute atomic E-state index is 0.0333. The molecule has 1 amide bonds. The van der Waals surface area contributed by atoms with Gasteiger partial charge in [0.25, 0.3) is 0 Å². The average molecular weight is 461 g/mol. The first kappa shape index (κ1) is 23.0. The minimum Gasteiger partial charge on any atom is -0.465 e. The predicted molar refractivity (Wildman–Crippen MR) is 126 cm³/mol. The number of nitrogens with two attached hydrogens (primary N) is 1. The number of nitriles is 1. The molecule has 1 aromatic heterocycles. The van der Waals surface area contributed by atoms with Crippen LogP contribution in [0.3, 0.4) is 0 Å². The van der Waals surface area contributed by atoms with E-state index in [1.54, 1.807) is 18.2 Å². The Bertz CT molecular complexity index is 1230. The van der Waals surface area contributed by atoms with Gasteiger partial charge in [0.1, 0.15) is 17.7 Å². The third kappa shape index (κ3) is 4.91. The maximum atomic E-state index is 14.2. The third-order valence-electron chi connectivity index (χ3n) is 6.15. The van der Waals surface area contributed by atoms with Crippen molar-refractivity contribution < 1.29 is 14.3 Å². The summed E-state index contributed by atoms with van der Waals surface area (Å²) in [6.45, 7) is 2.79. The van der Waals surface area contributed by atoms with E-state index in [4.69, 9.17) is 11.0 Å². The summed E-state index contributed by atoms with van der Waals surface area (Å²) in [5.41, 5.74) is 7.77. The molecule has 0 bridgehead atoms. The maximum absolute atomic E-state index is 14.2. The highest BCUT2D eigenvalue weighted by Gasteiger charge is 2.33. The highest BCUT2D eigenvalue weighted by molar-refractivity contribution is 5.67. The summed E-state index contributed by atoms with van der Waals surface area (Å²) >= 11 is 0. The van der Waals surface area contributed by atoms with Gasteiger partial charge in [-0.3, -0.25) is 4.90 Å². The standard InChI is InChI=1S/C25H25FN6O2/c1-16-7-10-20(32(25(33)34)14-17-5-3-2-4-6-17)15-31(16)23-12-22(29-24(28)30-23)18-8-9-19(13-27)21(26)11-18/h2-6,8-9,11-12,16,20H,7,10,14-15H2,1H3,(H,33,34)(H2,28,29,30)/t16-,20+/m1/s1. The first-order valence-electron chi connectivity index (χ1n) is 11.0. The number of carbonyl (C=O) groups is 1. The molecular weight excluding hydrogens is 435 g/mol. The van der Waals surface area contributed by atoms with Crippen LogP contribution in [0.5, 0.6) is 0 Å². The SMILES string of the molecule is C[C@@H]1CC[C@H](N(Cc2ccccc2)C(=O)O)CN1c1cc(-c2ccc(C#N)c(F)c2)nc(N)n1. The van der Waals surface area contributed by atoms with Gasteiger partial charge in [0.2, 0.25) is 5.95 Å². The van der Waals surface area contributed by atoms with Crippen LogP contribution in [0.4, 0.5) is 21.0 Å². The van der Waals surface area contributed by atoms with E-state index in [1.165, 1.54) is 17.0 Å². The minimum atomic E-state index is -0.973. The van der Waals surface area contributed by atoms with Crippen LogP contribution >= 0.6 is 0 Å². The number of piperidine rings is 1. The Kier molecular flexibility index (Phi) is 6.59. The first-order chi connectivity index (χ1) is 16.4. The van der Waals surface area contributed by atoms with Gasteiger partial charge in [-0.1, -0.05) is 36.4 Å². The lowest BCUT2D eigenvalue weighted by Gasteiger charge is -2.42. The summed E-state index contributed by atoms with van der Waals surface area (Å²) < 4.78 is 14.2. The first-order valence-corrected chi connectivity index (χ1v) is 11.0. The van der Waals surface area contributed by atoms with Crippen LogP contribution in [0.15, 0.2) is 54.6 Å². The van der Waals surface area contributed by atoms with Crippen molar-refractivity contribution in [2.24, 2.45) is 0 Å². The molecule has 0 unspecified atom stereocenters. The molecule has 1 saturated heterocycles. The van der Waals surface area contributed by atoms with Crippen molar-refractivity contribution in [2.45, 2.75) is 38.4 Å². The molecule has 3 aromatic rings. The fraction of sp³-hybridized carbons (Fsp3) is 0.280. The monoisotopic (exact) mass is 460 g/mol. The molecule has 0 spiro atoms. The molecule has 2 heterocycles. The smallest absolute Gasteiger partial charge is 0.407 e. The zero-order chi connectivity index (χ0) is 24.2. The summed E-state index contributed by atoms with van der Waals surface area (Å²) in [6, 6.07) is 17.1. The normalized spacial score (nSPS) is 17.7. The number of hydrogen-bond acceptors (Lipinski definition) is 6. The molecular formula is C25H25FN6O2. The van der Waals surface area contributed by atoms with Crippen molar-refractivity contribution >= 4 is 17.9 Å². The number of anilines is 2. The van der Waals surface area contributed by atoms with Crippen LogP contribution in [0.2, 0.25) is 0 Å². The van der Waals surface area contributed by atoms with Crippen molar-refractivity contribution in [3.8, 4) is 17.3 Å². The van der Waals surface area contributed by atoms with Gasteiger partial charge in [-0.2, -0.15) is 10.2 Å². The van der Waals surface area contributed by atoms with Gasteiger partial charge in [-0.25, -0.2) is 14.2 Å². The zero-order valence-corrected chi connectivity index (χ0v) is 18.7. The molecule has 1 fully saturated rings. The molecule has 34 heavy (non-hydrogen) atoms. The molecule has 4 rings (SSSR count). The van der Waals surface area contributed by atoms with Gasteiger partial charge in [0.05, 0.1) is 17.3 Å². The Morgan fingerprint density at radius 3 is 2.68 bits per heavy atom. The molecule has 0 aliphatic carbocycles. The van der Waals surface area contributed by atoms with Crippen molar-refractivity contribution in [3.63, 3.8) is 0 Å². The number of halogens is 1. The predicted octanol–water partition coefficient (Wildman–Crippen LogP) is 4.27. The maximum Gasteiger partial charge on any atom is 0.407 e. The molecule has 2 atom stereocenters. The Balaban J connectivity index is 1.62. The van der Waals surface area contributed by atoms with Crippen LogP contribution in [-0.4, -0.2) is 44.7 Å². The number of carboxylic acid groups (broad SMARTS) is 1. The van der Waals surface area contributed by atoms with E-state index in [0.717, 1.165) is 18.4 Å². The fourth-order valence-corrected chi connectivity index (χ4v) is 4.31. The van der Waals surface area contributed by atoms with Crippen molar-refractivity contribution in [2.75, 3.05) is 17.2 Å². The molecule has 9 heteroatoms. The van der Waals surface area contributed by atoms with E-state index >= 15 is 0 Å². The Morgan fingerprint density at radius 2 is 2.00 bits per heavy atom. The second kappa shape index (κ2) is 9.75. The summed E-state index contributed by atoms with van der Waals surface area (Å²) in [7, 11) is 0. The highest BCUT2D eigenvalue weighted by Crippen LogP contribution is 2.30. The molecule has 174 valence electrons. The third-order valence-corrected chi connectivity index (χ3v) is 6.15. The second-order valence-electron chi connectivity index (χ2n) is 8.40. The van der Waals surface area contributed by atoms with Gasteiger partial charge in [0, 0.05) is 30.8 Å². The van der Waals surface area contributed by atoms with Crippen LogP contribution < -0.4 is 10.6 Å². The van der Waals surface area contributed by atoms with Crippen LogP contribution in [-0.2, 0) is 6.54 Å². The topological polar surface area (TPSA) is 119 Å². The van der Waals surface area contributed by atoms with Crippen molar-refractivity contribution in [3.05, 3.63) is 71.5 Å². The van der Waals surface area contributed by atoms with Crippen LogP contribution in [0, 0.1) is 17.1 Å². The molecule has 2 aromatic carbocycles.